The van der Waals surface area contributed by atoms with Gasteiger partial charge in [-0.2, -0.15) is 4.39 Å². The predicted octanol–water partition coefficient (Wildman–Crippen LogP) is 0.880. The molecule has 8 nitrogen and oxygen atoms in total. The molecule has 4 heterocycles. The van der Waals surface area contributed by atoms with E-state index in [0.717, 1.165) is 23.4 Å². The lowest BCUT2D eigenvalue weighted by Crippen LogP contribution is -2.53. The van der Waals surface area contributed by atoms with Crippen LogP contribution in [0.15, 0.2) is 23.0 Å². The van der Waals surface area contributed by atoms with Gasteiger partial charge < -0.3 is 25.7 Å². The van der Waals surface area contributed by atoms with Gasteiger partial charge in [-0.3, -0.25) is 9.59 Å². The molecule has 1 fully saturated rings. The van der Waals surface area contributed by atoms with Crippen molar-refractivity contribution in [3.8, 4) is 0 Å². The lowest BCUT2D eigenvalue weighted by molar-refractivity contribution is 0.0166. The molecular weight excluding hydrogens is 389 g/mol. The van der Waals surface area contributed by atoms with E-state index < -0.39 is 11.9 Å². The summed E-state index contributed by atoms with van der Waals surface area (Å²) in [5.74, 6) is -1.49. The fourth-order valence-electron chi connectivity index (χ4n) is 4.27. The quantitative estimate of drug-likeness (QED) is 0.625. The predicted molar refractivity (Wildman–Crippen MR) is 110 cm³/mol. The van der Waals surface area contributed by atoms with E-state index in [9.17, 15) is 14.0 Å². The lowest BCUT2D eigenvalue weighted by Gasteiger charge is -2.40. The van der Waals surface area contributed by atoms with Gasteiger partial charge in [-0.1, -0.05) is 6.92 Å². The Balaban J connectivity index is 1.53. The van der Waals surface area contributed by atoms with Crippen molar-refractivity contribution >= 4 is 11.6 Å². The Labute approximate surface area is 173 Å². The highest BCUT2D eigenvalue weighted by molar-refractivity contribution is 5.91. The Bertz CT molecular complexity index is 1010. The highest BCUT2D eigenvalue weighted by Crippen LogP contribution is 2.26. The van der Waals surface area contributed by atoms with Gasteiger partial charge in [0.15, 0.2) is 0 Å². The molecule has 2 aliphatic heterocycles. The summed E-state index contributed by atoms with van der Waals surface area (Å²) in [5, 5.41) is 3.36. The van der Waals surface area contributed by atoms with E-state index in [1.807, 2.05) is 13.0 Å². The number of rotatable bonds is 5. The van der Waals surface area contributed by atoms with E-state index in [1.54, 1.807) is 0 Å². The molecule has 160 valence electrons. The van der Waals surface area contributed by atoms with Crippen LogP contribution < -0.4 is 21.5 Å². The van der Waals surface area contributed by atoms with Crippen molar-refractivity contribution in [2.45, 2.75) is 44.9 Å². The summed E-state index contributed by atoms with van der Waals surface area (Å²) >= 11 is 0. The maximum absolute atomic E-state index is 14.0. The van der Waals surface area contributed by atoms with Gasteiger partial charge in [0, 0.05) is 55.1 Å². The third kappa shape index (κ3) is 4.22. The van der Waals surface area contributed by atoms with E-state index in [4.69, 9.17) is 10.5 Å². The molecule has 2 atom stereocenters. The number of primary amides is 1. The van der Waals surface area contributed by atoms with Gasteiger partial charge in [0.1, 0.15) is 5.69 Å². The van der Waals surface area contributed by atoms with Crippen LogP contribution in [0.4, 0.5) is 10.1 Å². The molecule has 4 N–H and O–H groups in total. The summed E-state index contributed by atoms with van der Waals surface area (Å²) in [6.07, 6.45) is 1.93. The van der Waals surface area contributed by atoms with Crippen molar-refractivity contribution in [2.24, 2.45) is 5.73 Å². The standard InChI is InChI=1S/C21H26FN5O3/c1-2-12-5-13-11-30-16(9-17(13)26-21(12)29)6-15-10-24-3-4-27(15)14-7-18(20(23)28)25-19(22)8-14/h5,7-8,15-16,24H,2-4,6,9-11H2,1H3,(H2,23,28)(H,26,29). The zero-order chi connectivity index (χ0) is 21.3. The van der Waals surface area contributed by atoms with E-state index in [1.165, 1.54) is 12.1 Å². The second-order valence-corrected chi connectivity index (χ2v) is 7.80. The Morgan fingerprint density at radius 1 is 1.40 bits per heavy atom. The first kappa shape index (κ1) is 20.5. The SMILES string of the molecule is CCc1cc2c([nH]c1=O)CC(CC1CNCCN1c1cc(F)nc(C(N)=O)c1)OC2. The van der Waals surface area contributed by atoms with Crippen LogP contribution in [0.5, 0.6) is 0 Å². The molecule has 0 aliphatic carbocycles. The number of nitrogens with one attached hydrogen (secondary N) is 2. The number of anilines is 1. The first-order valence-corrected chi connectivity index (χ1v) is 10.2. The number of aromatic amines is 1. The van der Waals surface area contributed by atoms with Gasteiger partial charge in [-0.15, -0.1) is 0 Å². The van der Waals surface area contributed by atoms with Crippen LogP contribution in [-0.4, -0.2) is 47.7 Å². The largest absolute Gasteiger partial charge is 0.373 e. The molecule has 0 radical (unpaired) electrons. The number of halogens is 1. The molecule has 2 aromatic heterocycles. The number of aromatic nitrogens is 2. The summed E-state index contributed by atoms with van der Waals surface area (Å²) in [4.78, 5) is 32.3. The van der Waals surface area contributed by atoms with Crippen LogP contribution in [0.2, 0.25) is 0 Å². The second kappa shape index (κ2) is 8.53. The van der Waals surface area contributed by atoms with Gasteiger partial charge in [0.25, 0.3) is 11.5 Å². The number of hydrogen-bond donors (Lipinski definition) is 3. The minimum absolute atomic E-state index is 0.0365. The molecule has 1 amide bonds. The van der Waals surface area contributed by atoms with Crippen LogP contribution in [0.1, 0.15) is 40.7 Å². The van der Waals surface area contributed by atoms with Gasteiger partial charge in [-0.25, -0.2) is 4.98 Å². The first-order valence-electron chi connectivity index (χ1n) is 10.2. The number of amides is 1. The summed E-state index contributed by atoms with van der Waals surface area (Å²) in [6, 6.07) is 4.83. The molecule has 0 bridgehead atoms. The van der Waals surface area contributed by atoms with Gasteiger partial charge in [0.05, 0.1) is 12.7 Å². The third-order valence-corrected chi connectivity index (χ3v) is 5.83. The lowest BCUT2D eigenvalue weighted by atomic mass is 9.96. The third-order valence-electron chi connectivity index (χ3n) is 5.83. The molecule has 30 heavy (non-hydrogen) atoms. The molecular formula is C21H26FN5O3. The molecule has 1 saturated heterocycles. The van der Waals surface area contributed by atoms with Crippen molar-refractivity contribution < 1.29 is 13.9 Å². The average Bonchev–Trinajstić information content (AvgIpc) is 2.73. The van der Waals surface area contributed by atoms with Crippen LogP contribution >= 0.6 is 0 Å². The van der Waals surface area contributed by atoms with Crippen molar-refractivity contribution in [1.82, 2.24) is 15.3 Å². The van der Waals surface area contributed by atoms with E-state index in [-0.39, 0.29) is 23.4 Å². The van der Waals surface area contributed by atoms with E-state index >= 15 is 0 Å². The van der Waals surface area contributed by atoms with Gasteiger partial charge >= 0.3 is 0 Å². The topological polar surface area (TPSA) is 113 Å². The zero-order valence-corrected chi connectivity index (χ0v) is 16.9. The molecule has 0 aromatic carbocycles. The average molecular weight is 415 g/mol. The number of nitrogens with two attached hydrogens (primary N) is 1. The molecule has 2 aliphatic rings. The van der Waals surface area contributed by atoms with Crippen molar-refractivity contribution in [3.05, 3.63) is 57.0 Å². The molecule has 2 unspecified atom stereocenters. The van der Waals surface area contributed by atoms with Crippen molar-refractivity contribution in [2.75, 3.05) is 24.5 Å². The van der Waals surface area contributed by atoms with Crippen LogP contribution in [-0.2, 0) is 24.2 Å². The highest BCUT2D eigenvalue weighted by Gasteiger charge is 2.29. The molecule has 0 saturated carbocycles. The first-order chi connectivity index (χ1) is 14.4. The Morgan fingerprint density at radius 2 is 2.23 bits per heavy atom. The monoisotopic (exact) mass is 415 g/mol. The fraction of sp³-hybridized carbons (Fsp3) is 0.476. The summed E-state index contributed by atoms with van der Waals surface area (Å²) in [7, 11) is 0. The molecule has 0 spiro atoms. The highest BCUT2D eigenvalue weighted by atomic mass is 19.1. The minimum atomic E-state index is -0.759. The zero-order valence-electron chi connectivity index (χ0n) is 16.9. The number of H-pyrrole nitrogens is 1. The maximum atomic E-state index is 14.0. The number of carbonyl (C=O) groups is 1. The number of piperazine rings is 1. The van der Waals surface area contributed by atoms with Crippen LogP contribution in [0.25, 0.3) is 0 Å². The Kier molecular flexibility index (Phi) is 5.83. The summed E-state index contributed by atoms with van der Waals surface area (Å²) in [6.45, 7) is 4.52. The number of ether oxygens (including phenoxy) is 1. The Hall–Kier alpha value is -2.78. The number of aryl methyl sites for hydroxylation is 1. The van der Waals surface area contributed by atoms with Crippen LogP contribution in [0, 0.1) is 5.95 Å². The normalized spacial score (nSPS) is 21.3. The van der Waals surface area contributed by atoms with Gasteiger partial charge in [0.2, 0.25) is 5.95 Å². The van der Waals surface area contributed by atoms with Gasteiger partial charge in [-0.05, 0) is 30.5 Å². The fourth-order valence-corrected chi connectivity index (χ4v) is 4.27. The van der Waals surface area contributed by atoms with Crippen molar-refractivity contribution in [1.29, 1.82) is 0 Å². The van der Waals surface area contributed by atoms with Crippen molar-refractivity contribution in [3.63, 3.8) is 0 Å². The maximum Gasteiger partial charge on any atom is 0.267 e. The number of carbonyl (C=O) groups excluding carboxylic acids is 1. The minimum Gasteiger partial charge on any atom is -0.373 e. The molecule has 2 aromatic rings. The van der Waals surface area contributed by atoms with Crippen LogP contribution in [0.3, 0.4) is 0 Å². The summed E-state index contributed by atoms with van der Waals surface area (Å²) in [5.41, 5.74) is 8.48. The smallest absolute Gasteiger partial charge is 0.267 e. The number of fused-ring (bicyclic) bond motifs is 1. The van der Waals surface area contributed by atoms with E-state index in [0.29, 0.717) is 44.6 Å². The molecule has 9 heteroatoms. The molecule has 4 rings (SSSR count). The second-order valence-electron chi connectivity index (χ2n) is 7.80. The number of hydrogen-bond acceptors (Lipinski definition) is 6. The number of nitrogens with zero attached hydrogens (tertiary/aromatic N) is 2. The Morgan fingerprint density at radius 3 is 3.00 bits per heavy atom. The summed E-state index contributed by atoms with van der Waals surface area (Å²) < 4.78 is 20.1. The van der Waals surface area contributed by atoms with E-state index in [2.05, 4.69) is 20.2 Å². The number of pyridine rings is 2.